The van der Waals surface area contributed by atoms with Crippen molar-refractivity contribution in [3.05, 3.63) is 71.1 Å². The first-order valence-corrected chi connectivity index (χ1v) is 15.8. The lowest BCUT2D eigenvalue weighted by atomic mass is 10.0. The molecule has 11 nitrogen and oxygen atoms in total. The minimum Gasteiger partial charge on any atom is -0.475 e. The van der Waals surface area contributed by atoms with Crippen LogP contribution < -0.4 is 15.4 Å². The maximum absolute atomic E-state index is 16.0. The number of nitrogens with one attached hydrogen (secondary N) is 3. The fourth-order valence-electron chi connectivity index (χ4n) is 4.31. The van der Waals surface area contributed by atoms with Crippen LogP contribution in [-0.4, -0.2) is 59.6 Å². The zero-order valence-electron chi connectivity index (χ0n) is 24.0. The largest absolute Gasteiger partial charge is 0.490 e. The molecular formula is C28H24F6N6O5S2. The van der Waals surface area contributed by atoms with E-state index >= 15 is 4.39 Å². The van der Waals surface area contributed by atoms with E-state index in [1.165, 1.54) is 42.7 Å². The van der Waals surface area contributed by atoms with Gasteiger partial charge in [0.15, 0.2) is 5.82 Å². The van der Waals surface area contributed by atoms with Gasteiger partial charge in [0.25, 0.3) is 10.0 Å². The number of carbonyl (C=O) groups is 2. The van der Waals surface area contributed by atoms with E-state index in [2.05, 4.69) is 20.6 Å². The van der Waals surface area contributed by atoms with E-state index in [9.17, 15) is 35.2 Å². The highest BCUT2D eigenvalue weighted by Gasteiger charge is 2.38. The maximum Gasteiger partial charge on any atom is 0.490 e. The monoisotopic (exact) mass is 702 g/mol. The molecule has 4 aromatic rings. The van der Waals surface area contributed by atoms with Crippen LogP contribution in [0.15, 0.2) is 53.6 Å². The third-order valence-electron chi connectivity index (χ3n) is 6.39. The van der Waals surface area contributed by atoms with Crippen LogP contribution in [0, 0.1) is 17.5 Å². The smallest absolute Gasteiger partial charge is 0.475 e. The number of hydrogen-bond acceptors (Lipinski definition) is 9. The molecule has 1 unspecified atom stereocenters. The Morgan fingerprint density at radius 1 is 1.09 bits per heavy atom. The second-order valence-corrected chi connectivity index (χ2v) is 12.6. The number of rotatable bonds is 7. The summed E-state index contributed by atoms with van der Waals surface area (Å²) in [6.45, 7) is 2.89. The minimum atomic E-state index is -5.08. The number of anilines is 2. The van der Waals surface area contributed by atoms with Gasteiger partial charge >= 0.3 is 12.1 Å². The summed E-state index contributed by atoms with van der Waals surface area (Å²) >= 11 is 1.32. The van der Waals surface area contributed by atoms with E-state index in [0.717, 1.165) is 30.5 Å². The van der Waals surface area contributed by atoms with Crippen LogP contribution >= 0.6 is 11.3 Å². The zero-order valence-corrected chi connectivity index (χ0v) is 25.7. The van der Waals surface area contributed by atoms with E-state index in [0.29, 0.717) is 29.2 Å². The van der Waals surface area contributed by atoms with E-state index < -0.39 is 50.2 Å². The van der Waals surface area contributed by atoms with Gasteiger partial charge in [-0.1, -0.05) is 6.07 Å². The molecular weight excluding hydrogens is 678 g/mol. The molecule has 1 atom stereocenters. The van der Waals surface area contributed by atoms with Crippen molar-refractivity contribution >= 4 is 44.9 Å². The van der Waals surface area contributed by atoms with Gasteiger partial charge in [0, 0.05) is 31.1 Å². The average Bonchev–Trinajstić information content (AvgIpc) is 3.45. The molecule has 3 heterocycles. The number of nitrogens with zero attached hydrogens (tertiary/aromatic N) is 3. The Morgan fingerprint density at radius 2 is 1.81 bits per heavy atom. The first-order chi connectivity index (χ1) is 22.1. The summed E-state index contributed by atoms with van der Waals surface area (Å²) in [5.74, 6) is -6.09. The molecule has 1 aliphatic heterocycles. The number of thiazole rings is 1. The molecule has 250 valence electrons. The number of benzene rings is 2. The summed E-state index contributed by atoms with van der Waals surface area (Å²) in [7, 11) is -4.67. The number of carboxylic acid groups (broad SMARTS) is 1. The van der Waals surface area contributed by atoms with Gasteiger partial charge in [0.05, 0.1) is 27.0 Å². The van der Waals surface area contributed by atoms with E-state index in [1.54, 1.807) is 6.07 Å². The highest BCUT2D eigenvalue weighted by molar-refractivity contribution is 7.92. The van der Waals surface area contributed by atoms with Crippen LogP contribution in [0.5, 0.6) is 0 Å². The molecule has 2 aromatic heterocycles. The number of sulfonamides is 1. The van der Waals surface area contributed by atoms with Gasteiger partial charge in [-0.25, -0.2) is 41.3 Å². The Labute approximate surface area is 267 Å². The highest BCUT2D eigenvalue weighted by atomic mass is 32.2. The number of carbonyl (C=O) groups excluding carboxylic acids is 1. The van der Waals surface area contributed by atoms with E-state index in [-0.39, 0.29) is 29.0 Å². The molecule has 2 aromatic carbocycles. The van der Waals surface area contributed by atoms with Gasteiger partial charge in [0.1, 0.15) is 16.5 Å². The van der Waals surface area contributed by atoms with Crippen LogP contribution in [0.1, 0.15) is 30.7 Å². The van der Waals surface area contributed by atoms with Gasteiger partial charge in [-0.05, 0) is 55.8 Å². The molecule has 0 bridgehead atoms. The van der Waals surface area contributed by atoms with Gasteiger partial charge in [-0.15, -0.1) is 11.3 Å². The molecule has 1 amide bonds. The van der Waals surface area contributed by atoms with Crippen molar-refractivity contribution < 1.29 is 49.5 Å². The molecule has 4 N–H and O–H groups in total. The number of aromatic nitrogens is 3. The summed E-state index contributed by atoms with van der Waals surface area (Å²) in [5, 5.41) is 13.7. The second-order valence-electron chi connectivity index (χ2n) is 9.87. The lowest BCUT2D eigenvalue weighted by molar-refractivity contribution is -0.192. The second kappa shape index (κ2) is 14.4. The quantitative estimate of drug-likeness (QED) is 0.181. The van der Waals surface area contributed by atoms with Gasteiger partial charge in [0.2, 0.25) is 11.9 Å². The number of alkyl halides is 3. The number of hydrogen-bond donors (Lipinski definition) is 4. The van der Waals surface area contributed by atoms with Crippen molar-refractivity contribution in [2.24, 2.45) is 0 Å². The van der Waals surface area contributed by atoms with E-state index in [1.807, 2.05) is 4.72 Å². The molecule has 5 rings (SSSR count). The molecule has 0 aliphatic carbocycles. The Hall–Kier alpha value is -4.62. The number of halogens is 6. The van der Waals surface area contributed by atoms with Crippen LogP contribution in [0.25, 0.3) is 21.8 Å². The Balaban J connectivity index is 0.000000644. The fraction of sp³-hybridized carbons (Fsp3) is 0.250. The van der Waals surface area contributed by atoms with Crippen molar-refractivity contribution in [3.63, 3.8) is 0 Å². The number of piperidine rings is 1. The standard InChI is InChI=1S/C26H23F3N6O3S2.C2HF3O2/c1-14(36)32-26-31-11-9-20(33-26)24-23(34-25(39-24)15-4-3-10-30-13-15)17-5-2-6-19(22(17)29)35-40(37,38)21-12-16(27)7-8-18(21)28;3-2(4,5)1(6)7/h2,5-9,11-12,15,30,35H,3-4,10,13H2,1H3,(H,31,32,33,36);(H,6,7). The molecule has 0 saturated carbocycles. The number of carboxylic acids is 1. The van der Waals surface area contributed by atoms with Gasteiger partial charge < -0.3 is 10.4 Å². The first kappa shape index (κ1) is 35.2. The molecule has 0 spiro atoms. The Bertz CT molecular complexity index is 1900. The molecule has 1 aliphatic rings. The van der Waals surface area contributed by atoms with Crippen molar-refractivity contribution in [1.29, 1.82) is 0 Å². The third kappa shape index (κ3) is 8.80. The van der Waals surface area contributed by atoms with Crippen molar-refractivity contribution in [2.75, 3.05) is 23.1 Å². The average molecular weight is 703 g/mol. The lowest BCUT2D eigenvalue weighted by Crippen LogP contribution is -2.28. The van der Waals surface area contributed by atoms with E-state index in [4.69, 9.17) is 14.9 Å². The highest BCUT2D eigenvalue weighted by Crippen LogP contribution is 2.42. The van der Waals surface area contributed by atoms with Crippen LogP contribution in [0.2, 0.25) is 0 Å². The third-order valence-corrected chi connectivity index (χ3v) is 9.01. The molecule has 19 heteroatoms. The summed E-state index contributed by atoms with van der Waals surface area (Å²) in [6, 6.07) is 7.61. The van der Waals surface area contributed by atoms with Gasteiger partial charge in [-0.3, -0.25) is 14.8 Å². The minimum absolute atomic E-state index is 0.0270. The normalized spacial score (nSPS) is 14.9. The summed E-state index contributed by atoms with van der Waals surface area (Å²) < 4.78 is 103. The topological polar surface area (TPSA) is 163 Å². The Kier molecular flexibility index (Phi) is 10.8. The number of aliphatic carboxylic acids is 1. The van der Waals surface area contributed by atoms with Crippen LogP contribution in [0.3, 0.4) is 0 Å². The summed E-state index contributed by atoms with van der Waals surface area (Å²) in [4.78, 5) is 33.2. The maximum atomic E-state index is 16.0. The molecule has 1 saturated heterocycles. The first-order valence-electron chi connectivity index (χ1n) is 13.5. The molecule has 0 radical (unpaired) electrons. The SMILES string of the molecule is CC(=O)Nc1nccc(-c2sc(C3CCCNC3)nc2-c2cccc(NS(=O)(=O)c3cc(F)ccc3F)c2F)n1.O=C(O)C(F)(F)F. The Morgan fingerprint density at radius 3 is 2.45 bits per heavy atom. The zero-order chi connectivity index (χ0) is 34.5. The molecule has 47 heavy (non-hydrogen) atoms. The fourth-order valence-corrected chi connectivity index (χ4v) is 6.64. The lowest BCUT2D eigenvalue weighted by Gasteiger charge is -2.20. The number of amides is 1. The van der Waals surface area contributed by atoms with Gasteiger partial charge in [-0.2, -0.15) is 13.2 Å². The molecule has 1 fully saturated rings. The predicted octanol–water partition coefficient (Wildman–Crippen LogP) is 5.54. The van der Waals surface area contributed by atoms with Crippen LogP contribution in [-0.2, 0) is 19.6 Å². The van der Waals surface area contributed by atoms with Crippen molar-refractivity contribution in [2.45, 2.75) is 36.8 Å². The predicted molar refractivity (Wildman–Crippen MR) is 159 cm³/mol. The van der Waals surface area contributed by atoms with Crippen molar-refractivity contribution in [1.82, 2.24) is 20.3 Å². The van der Waals surface area contributed by atoms with Crippen LogP contribution in [0.4, 0.5) is 38.0 Å². The summed E-state index contributed by atoms with van der Waals surface area (Å²) in [6.07, 6.45) is -1.81. The van der Waals surface area contributed by atoms with Crippen molar-refractivity contribution in [3.8, 4) is 21.8 Å². The summed E-state index contributed by atoms with van der Waals surface area (Å²) in [5.41, 5.74) is 0.102.